The monoisotopic (exact) mass is 288 g/mol. The number of ether oxygens (including phenoxy) is 1. The van der Waals surface area contributed by atoms with Crippen molar-refractivity contribution < 1.29 is 14.3 Å². The van der Waals surface area contributed by atoms with Gasteiger partial charge in [0.15, 0.2) is 0 Å². The van der Waals surface area contributed by atoms with Crippen molar-refractivity contribution in [1.29, 1.82) is 0 Å². The second-order valence-electron chi connectivity index (χ2n) is 5.18. The van der Waals surface area contributed by atoms with Crippen molar-refractivity contribution in [1.82, 2.24) is 10.2 Å². The highest BCUT2D eigenvalue weighted by Crippen LogP contribution is 2.30. The van der Waals surface area contributed by atoms with E-state index in [1.807, 2.05) is 36.4 Å². The van der Waals surface area contributed by atoms with Gasteiger partial charge in [0.05, 0.1) is 13.2 Å². The molecule has 0 saturated heterocycles. The van der Waals surface area contributed by atoms with Crippen LogP contribution in [0.3, 0.4) is 0 Å². The van der Waals surface area contributed by atoms with Crippen LogP contribution >= 0.6 is 0 Å². The summed E-state index contributed by atoms with van der Waals surface area (Å²) in [5.41, 5.74) is 0.0728. The van der Waals surface area contributed by atoms with Gasteiger partial charge in [-0.05, 0) is 18.9 Å². The predicted octanol–water partition coefficient (Wildman–Crippen LogP) is 1.74. The highest BCUT2D eigenvalue weighted by atomic mass is 16.5. The Kier molecular flexibility index (Phi) is 4.31. The van der Waals surface area contributed by atoms with Crippen molar-refractivity contribution in [2.24, 2.45) is 0 Å². The first-order chi connectivity index (χ1) is 10.0. The highest BCUT2D eigenvalue weighted by molar-refractivity contribution is 5.92. The van der Waals surface area contributed by atoms with Gasteiger partial charge in [0.2, 0.25) is 5.91 Å². The van der Waals surface area contributed by atoms with Crippen LogP contribution in [0.5, 0.6) is 0 Å². The van der Waals surface area contributed by atoms with E-state index in [4.69, 9.17) is 4.74 Å². The van der Waals surface area contributed by atoms with Crippen molar-refractivity contribution >= 4 is 12.0 Å². The first kappa shape index (κ1) is 15.1. The molecule has 2 atom stereocenters. The minimum atomic E-state index is -1.03. The Balaban J connectivity index is 2.28. The third-order valence-electron chi connectivity index (χ3n) is 3.82. The molecule has 0 aromatic heterocycles. The molecule has 0 fully saturated rings. The van der Waals surface area contributed by atoms with Crippen molar-refractivity contribution in [3.05, 3.63) is 48.0 Å². The van der Waals surface area contributed by atoms with Crippen molar-refractivity contribution in [2.45, 2.75) is 24.9 Å². The van der Waals surface area contributed by atoms with Crippen LogP contribution in [0.15, 0.2) is 42.5 Å². The lowest BCUT2D eigenvalue weighted by Gasteiger charge is -2.35. The molecule has 5 nitrogen and oxygen atoms in total. The van der Waals surface area contributed by atoms with Gasteiger partial charge < -0.3 is 10.1 Å². The van der Waals surface area contributed by atoms with Crippen molar-refractivity contribution in [2.75, 3.05) is 14.2 Å². The first-order valence-corrected chi connectivity index (χ1v) is 6.85. The van der Waals surface area contributed by atoms with Crippen molar-refractivity contribution in [3.8, 4) is 0 Å². The maximum atomic E-state index is 12.2. The van der Waals surface area contributed by atoms with Crippen LogP contribution in [0.1, 0.15) is 12.5 Å². The van der Waals surface area contributed by atoms with E-state index in [9.17, 15) is 9.59 Å². The maximum absolute atomic E-state index is 12.2. The van der Waals surface area contributed by atoms with Gasteiger partial charge in [0, 0.05) is 7.05 Å². The average Bonchev–Trinajstić information content (AvgIpc) is 2.84. The molecule has 2 amide bonds. The van der Waals surface area contributed by atoms with Crippen LogP contribution in [-0.2, 0) is 16.0 Å². The molecule has 0 aliphatic carbocycles. The Morgan fingerprint density at radius 1 is 1.33 bits per heavy atom. The number of hydrogen-bond donors (Lipinski definition) is 1. The Morgan fingerprint density at radius 3 is 2.57 bits per heavy atom. The molecule has 0 saturated carbocycles. The van der Waals surface area contributed by atoms with Gasteiger partial charge in [0.25, 0.3) is 0 Å². The van der Waals surface area contributed by atoms with Gasteiger partial charge in [-0.3, -0.25) is 9.69 Å². The smallest absolute Gasteiger partial charge is 0.411 e. The lowest BCUT2D eigenvalue weighted by Crippen LogP contribution is -2.57. The number of nitrogens with one attached hydrogen (secondary N) is 1. The van der Waals surface area contributed by atoms with Crippen LogP contribution in [0.4, 0.5) is 4.79 Å². The largest absolute Gasteiger partial charge is 0.453 e. The topological polar surface area (TPSA) is 58.6 Å². The fraction of sp³-hybridized carbons (Fsp3) is 0.375. The third-order valence-corrected chi connectivity index (χ3v) is 3.82. The number of benzene rings is 1. The number of carbonyl (C=O) groups is 2. The van der Waals surface area contributed by atoms with Gasteiger partial charge in [-0.2, -0.15) is 0 Å². The van der Waals surface area contributed by atoms with Gasteiger partial charge in [0.1, 0.15) is 5.54 Å². The molecule has 1 aromatic rings. The standard InChI is InChI=1S/C16H20N2O3/c1-16(14(19)17-2)10-9-13(18(16)15(20)21-3)11-12-7-5-4-6-8-12/h4-10,13H,11H2,1-3H3,(H,17,19)/t13?,16-/m1/s1. The summed E-state index contributed by atoms with van der Waals surface area (Å²) in [5, 5.41) is 2.60. The molecule has 21 heavy (non-hydrogen) atoms. The normalized spacial score (nSPS) is 24.0. The number of methoxy groups -OCH3 is 1. The first-order valence-electron chi connectivity index (χ1n) is 6.85. The molecule has 1 aliphatic heterocycles. The molecule has 1 heterocycles. The average molecular weight is 288 g/mol. The van der Waals surface area contributed by atoms with E-state index >= 15 is 0 Å². The van der Waals surface area contributed by atoms with Gasteiger partial charge >= 0.3 is 6.09 Å². The van der Waals surface area contributed by atoms with Crippen LogP contribution in [0.2, 0.25) is 0 Å². The lowest BCUT2D eigenvalue weighted by atomic mass is 10.0. The van der Waals surface area contributed by atoms with E-state index in [0.29, 0.717) is 6.42 Å². The molecule has 1 aromatic carbocycles. The maximum Gasteiger partial charge on any atom is 0.411 e. The fourth-order valence-electron chi connectivity index (χ4n) is 2.69. The zero-order valence-electron chi connectivity index (χ0n) is 12.5. The van der Waals surface area contributed by atoms with Crippen LogP contribution in [0, 0.1) is 0 Å². The number of amides is 2. The number of likely N-dealkylation sites (N-methyl/N-ethyl adjacent to an activating group) is 1. The summed E-state index contributed by atoms with van der Waals surface area (Å²) in [6, 6.07) is 9.64. The van der Waals surface area contributed by atoms with E-state index in [-0.39, 0.29) is 11.9 Å². The fourth-order valence-corrected chi connectivity index (χ4v) is 2.69. The molecule has 0 radical (unpaired) electrons. The zero-order chi connectivity index (χ0) is 15.5. The molecular weight excluding hydrogens is 268 g/mol. The second-order valence-corrected chi connectivity index (χ2v) is 5.18. The summed E-state index contributed by atoms with van der Waals surface area (Å²) in [5.74, 6) is -0.236. The molecule has 2 rings (SSSR count). The molecule has 1 aliphatic rings. The molecule has 0 bridgehead atoms. The third kappa shape index (κ3) is 2.77. The van der Waals surface area contributed by atoms with E-state index in [1.165, 1.54) is 12.0 Å². The Bertz CT molecular complexity index is 556. The second kappa shape index (κ2) is 5.99. The molecular formula is C16H20N2O3. The SMILES string of the molecule is CNC(=O)[C@@]1(C)C=CC(Cc2ccccc2)N1C(=O)OC. The summed E-state index contributed by atoms with van der Waals surface area (Å²) < 4.78 is 4.86. The van der Waals surface area contributed by atoms with Crippen LogP contribution < -0.4 is 5.32 Å². The van der Waals surface area contributed by atoms with Gasteiger partial charge in [-0.25, -0.2) is 4.79 Å². The van der Waals surface area contributed by atoms with E-state index < -0.39 is 11.6 Å². The highest BCUT2D eigenvalue weighted by Gasteiger charge is 2.47. The number of carbonyl (C=O) groups excluding carboxylic acids is 2. The summed E-state index contributed by atoms with van der Waals surface area (Å²) in [4.78, 5) is 25.8. The number of nitrogens with zero attached hydrogens (tertiary/aromatic N) is 1. The lowest BCUT2D eigenvalue weighted by molar-refractivity contribution is -0.128. The molecule has 5 heteroatoms. The molecule has 1 unspecified atom stereocenters. The van der Waals surface area contributed by atoms with Gasteiger partial charge in [-0.15, -0.1) is 0 Å². The minimum absolute atomic E-state index is 0.206. The van der Waals surface area contributed by atoms with Crippen LogP contribution in [-0.4, -0.2) is 42.6 Å². The Hall–Kier alpha value is -2.30. The molecule has 112 valence electrons. The van der Waals surface area contributed by atoms with E-state index in [0.717, 1.165) is 5.56 Å². The minimum Gasteiger partial charge on any atom is -0.453 e. The number of rotatable bonds is 3. The van der Waals surface area contributed by atoms with E-state index in [1.54, 1.807) is 20.0 Å². The predicted molar refractivity (Wildman–Crippen MR) is 79.8 cm³/mol. The number of hydrogen-bond acceptors (Lipinski definition) is 3. The summed E-state index contributed by atoms with van der Waals surface area (Å²) in [6.45, 7) is 1.71. The van der Waals surface area contributed by atoms with Crippen LogP contribution in [0.25, 0.3) is 0 Å². The summed E-state index contributed by atoms with van der Waals surface area (Å²) >= 11 is 0. The Morgan fingerprint density at radius 2 is 2.00 bits per heavy atom. The van der Waals surface area contributed by atoms with Crippen molar-refractivity contribution in [3.63, 3.8) is 0 Å². The van der Waals surface area contributed by atoms with E-state index in [2.05, 4.69) is 5.32 Å². The molecule has 1 N–H and O–H groups in total. The molecule has 0 spiro atoms. The Labute approximate surface area is 124 Å². The summed E-state index contributed by atoms with van der Waals surface area (Å²) in [6.07, 6.45) is 3.78. The quantitative estimate of drug-likeness (QED) is 0.862. The van der Waals surface area contributed by atoms with Gasteiger partial charge in [-0.1, -0.05) is 42.5 Å². The zero-order valence-corrected chi connectivity index (χ0v) is 12.5. The summed E-state index contributed by atoms with van der Waals surface area (Å²) in [7, 11) is 2.88.